The molecule has 186 valence electrons. The second-order valence-corrected chi connectivity index (χ2v) is 6.76. The zero-order valence-electron chi connectivity index (χ0n) is 20.0. The molecule has 0 aliphatic rings. The van der Waals surface area contributed by atoms with Crippen molar-refractivity contribution in [1.29, 1.82) is 0 Å². The van der Waals surface area contributed by atoms with Gasteiger partial charge in [-0.25, -0.2) is 0 Å². The van der Waals surface area contributed by atoms with Gasteiger partial charge in [-0.3, -0.25) is 19.7 Å². The van der Waals surface area contributed by atoms with E-state index in [1.165, 1.54) is 18.2 Å². The number of carbonyl (C=O) groups is 2. The SMILES string of the molecule is CCOC(=O)Cc1ccc(N)c(OCC)c1.CCOC(=O)Cc1ccc([N+](=O)[O-])c(OCC)c1. The lowest BCUT2D eigenvalue weighted by Gasteiger charge is -2.08. The van der Waals surface area contributed by atoms with E-state index < -0.39 is 4.92 Å². The highest BCUT2D eigenvalue weighted by Gasteiger charge is 2.16. The minimum Gasteiger partial charge on any atom is -0.492 e. The summed E-state index contributed by atoms with van der Waals surface area (Å²) in [5, 5.41) is 10.8. The maximum atomic E-state index is 11.3. The number of nitrogen functional groups attached to an aromatic ring is 1. The number of ether oxygens (including phenoxy) is 4. The van der Waals surface area contributed by atoms with Crippen molar-refractivity contribution in [3.05, 3.63) is 57.6 Å². The molecule has 0 atom stereocenters. The molecule has 2 aromatic rings. The molecular formula is C24H32N2O8. The number of hydrogen-bond acceptors (Lipinski definition) is 9. The van der Waals surface area contributed by atoms with Crippen molar-refractivity contribution in [1.82, 2.24) is 0 Å². The van der Waals surface area contributed by atoms with Crippen LogP contribution in [0.25, 0.3) is 0 Å². The van der Waals surface area contributed by atoms with Crippen LogP contribution in [0.4, 0.5) is 11.4 Å². The molecule has 0 saturated carbocycles. The summed E-state index contributed by atoms with van der Waals surface area (Å²) in [4.78, 5) is 32.8. The molecule has 0 saturated heterocycles. The highest BCUT2D eigenvalue weighted by atomic mass is 16.6. The number of nitro groups is 1. The van der Waals surface area contributed by atoms with Gasteiger partial charge < -0.3 is 24.7 Å². The lowest BCUT2D eigenvalue weighted by molar-refractivity contribution is -0.385. The third-order valence-corrected chi connectivity index (χ3v) is 4.21. The Morgan fingerprint density at radius 3 is 1.74 bits per heavy atom. The fourth-order valence-corrected chi connectivity index (χ4v) is 2.82. The van der Waals surface area contributed by atoms with Gasteiger partial charge in [0.1, 0.15) is 5.75 Å². The first-order chi connectivity index (χ1) is 16.2. The van der Waals surface area contributed by atoms with E-state index in [0.29, 0.717) is 43.4 Å². The lowest BCUT2D eigenvalue weighted by Crippen LogP contribution is -2.08. The number of anilines is 1. The maximum Gasteiger partial charge on any atom is 0.310 e. The Labute approximate surface area is 199 Å². The number of hydrogen-bond donors (Lipinski definition) is 1. The van der Waals surface area contributed by atoms with Crippen molar-refractivity contribution in [2.45, 2.75) is 40.5 Å². The van der Waals surface area contributed by atoms with Gasteiger partial charge >= 0.3 is 17.6 Å². The smallest absolute Gasteiger partial charge is 0.310 e. The molecule has 0 spiro atoms. The first kappa shape index (κ1) is 28.2. The van der Waals surface area contributed by atoms with Gasteiger partial charge in [0.2, 0.25) is 0 Å². The molecule has 0 aliphatic heterocycles. The number of nitrogens with zero attached hydrogens (tertiary/aromatic N) is 1. The Bertz CT molecular complexity index is 962. The average Bonchev–Trinajstić information content (AvgIpc) is 2.77. The van der Waals surface area contributed by atoms with Gasteiger partial charge in [0.05, 0.1) is 49.9 Å². The average molecular weight is 477 g/mol. The van der Waals surface area contributed by atoms with Crippen molar-refractivity contribution < 1.29 is 33.5 Å². The van der Waals surface area contributed by atoms with Crippen LogP contribution in [0.2, 0.25) is 0 Å². The van der Waals surface area contributed by atoms with Gasteiger partial charge in [-0.2, -0.15) is 0 Å². The summed E-state index contributed by atoms with van der Waals surface area (Å²) in [6.45, 7) is 8.71. The van der Waals surface area contributed by atoms with Gasteiger partial charge in [0, 0.05) is 6.07 Å². The first-order valence-electron chi connectivity index (χ1n) is 11.0. The maximum absolute atomic E-state index is 11.3. The van der Waals surface area contributed by atoms with E-state index >= 15 is 0 Å². The van der Waals surface area contributed by atoms with Gasteiger partial charge in [-0.15, -0.1) is 0 Å². The summed E-state index contributed by atoms with van der Waals surface area (Å²) in [6.07, 6.45) is 0.320. The van der Waals surface area contributed by atoms with Crippen molar-refractivity contribution in [3.63, 3.8) is 0 Å². The quantitative estimate of drug-likeness (QED) is 0.221. The molecule has 0 aromatic heterocycles. The molecule has 2 aromatic carbocycles. The predicted molar refractivity (Wildman–Crippen MR) is 127 cm³/mol. The number of nitrogens with two attached hydrogens (primary N) is 1. The number of carbonyl (C=O) groups excluding carboxylic acids is 2. The van der Waals surface area contributed by atoms with Gasteiger partial charge in [-0.05, 0) is 57.0 Å². The summed E-state index contributed by atoms with van der Waals surface area (Å²) >= 11 is 0. The molecule has 34 heavy (non-hydrogen) atoms. The minimum atomic E-state index is -0.515. The molecule has 0 unspecified atom stereocenters. The van der Waals surface area contributed by atoms with Crippen LogP contribution < -0.4 is 15.2 Å². The molecular weight excluding hydrogens is 444 g/mol. The number of esters is 2. The van der Waals surface area contributed by atoms with E-state index in [0.717, 1.165) is 5.56 Å². The lowest BCUT2D eigenvalue weighted by atomic mass is 10.1. The fraction of sp³-hybridized carbons (Fsp3) is 0.417. The predicted octanol–water partition coefficient (Wildman–Crippen LogP) is 3.87. The second kappa shape index (κ2) is 15.1. The summed E-state index contributed by atoms with van der Waals surface area (Å²) in [5.74, 6) is 0.178. The Kier molecular flexibility index (Phi) is 12.5. The zero-order chi connectivity index (χ0) is 25.5. The molecule has 0 fully saturated rings. The summed E-state index contributed by atoms with van der Waals surface area (Å²) < 4.78 is 20.2. The molecule has 0 bridgehead atoms. The van der Waals surface area contributed by atoms with Crippen LogP contribution in [0.1, 0.15) is 38.8 Å². The molecule has 10 heteroatoms. The van der Waals surface area contributed by atoms with E-state index in [1.807, 2.05) is 6.92 Å². The van der Waals surface area contributed by atoms with Crippen LogP contribution in [0.15, 0.2) is 36.4 Å². The molecule has 2 N–H and O–H groups in total. The van der Waals surface area contributed by atoms with Crippen LogP contribution in [0.3, 0.4) is 0 Å². The van der Waals surface area contributed by atoms with Crippen LogP contribution in [0.5, 0.6) is 11.5 Å². The summed E-state index contributed by atoms with van der Waals surface area (Å²) in [6, 6.07) is 9.67. The van der Waals surface area contributed by atoms with Gasteiger partial charge in [0.25, 0.3) is 0 Å². The molecule has 0 heterocycles. The van der Waals surface area contributed by atoms with E-state index in [-0.39, 0.29) is 36.2 Å². The Morgan fingerprint density at radius 2 is 1.26 bits per heavy atom. The molecule has 0 aliphatic carbocycles. The molecule has 2 rings (SSSR count). The third-order valence-electron chi connectivity index (χ3n) is 4.21. The normalized spacial score (nSPS) is 9.88. The highest BCUT2D eigenvalue weighted by Crippen LogP contribution is 2.28. The fourth-order valence-electron chi connectivity index (χ4n) is 2.82. The van der Waals surface area contributed by atoms with Crippen molar-refractivity contribution in [2.24, 2.45) is 0 Å². The minimum absolute atomic E-state index is 0.0753. The van der Waals surface area contributed by atoms with Gasteiger partial charge in [0.15, 0.2) is 5.75 Å². The zero-order valence-corrected chi connectivity index (χ0v) is 20.0. The first-order valence-corrected chi connectivity index (χ1v) is 11.0. The molecule has 0 radical (unpaired) electrons. The van der Waals surface area contributed by atoms with E-state index in [2.05, 4.69) is 0 Å². The third kappa shape index (κ3) is 9.76. The largest absolute Gasteiger partial charge is 0.492 e. The second-order valence-electron chi connectivity index (χ2n) is 6.76. The monoisotopic (exact) mass is 476 g/mol. The summed E-state index contributed by atoms with van der Waals surface area (Å²) in [5.41, 5.74) is 7.67. The van der Waals surface area contributed by atoms with Gasteiger partial charge in [-0.1, -0.05) is 12.1 Å². The summed E-state index contributed by atoms with van der Waals surface area (Å²) in [7, 11) is 0. The Balaban J connectivity index is 0.000000342. The van der Waals surface area contributed by atoms with E-state index in [1.54, 1.807) is 39.0 Å². The van der Waals surface area contributed by atoms with Crippen molar-refractivity contribution >= 4 is 23.3 Å². The Morgan fingerprint density at radius 1 is 0.794 bits per heavy atom. The standard InChI is InChI=1S/C12H15NO5.C12H17NO3/c1-3-17-11-7-9(8-12(14)18-4-2)5-6-10(11)13(15)16;1-3-15-11-7-9(5-6-10(11)13)8-12(14)16-4-2/h5-7H,3-4,8H2,1-2H3;5-7H,3-4,8,13H2,1-2H3. The number of benzene rings is 2. The van der Waals surface area contributed by atoms with E-state index in [9.17, 15) is 19.7 Å². The van der Waals surface area contributed by atoms with Crippen molar-refractivity contribution in [2.75, 3.05) is 32.2 Å². The number of rotatable bonds is 11. The molecule has 10 nitrogen and oxygen atoms in total. The van der Waals surface area contributed by atoms with Crippen molar-refractivity contribution in [3.8, 4) is 11.5 Å². The van der Waals surface area contributed by atoms with Crippen LogP contribution in [0, 0.1) is 10.1 Å². The Hall–Kier alpha value is -3.82. The van der Waals surface area contributed by atoms with Crippen LogP contribution in [-0.2, 0) is 31.9 Å². The van der Waals surface area contributed by atoms with Crippen LogP contribution >= 0.6 is 0 Å². The number of nitro benzene ring substituents is 1. The van der Waals surface area contributed by atoms with E-state index in [4.69, 9.17) is 24.7 Å². The highest BCUT2D eigenvalue weighted by molar-refractivity contribution is 5.73. The molecule has 0 amide bonds. The topological polar surface area (TPSA) is 140 Å². The van der Waals surface area contributed by atoms with Crippen LogP contribution in [-0.4, -0.2) is 43.3 Å².